The first-order chi connectivity index (χ1) is 24.4. The molecule has 3 aromatic rings. The fraction of sp³-hybridized carbons (Fsp3) is 0.486. The largest absolute Gasteiger partial charge is 0.507 e. The lowest BCUT2D eigenvalue weighted by Gasteiger charge is -2.47. The molecule has 0 spiro atoms. The van der Waals surface area contributed by atoms with Gasteiger partial charge in [0.1, 0.15) is 30.4 Å². The number of carbonyl (C=O) groups is 3. The van der Waals surface area contributed by atoms with Gasteiger partial charge in [0.25, 0.3) is 5.91 Å². The van der Waals surface area contributed by atoms with E-state index in [1.807, 2.05) is 36.4 Å². The summed E-state index contributed by atoms with van der Waals surface area (Å²) in [7, 11) is 1.54. The summed E-state index contributed by atoms with van der Waals surface area (Å²) in [6.45, 7) is 8.73. The number of fused-ring (bicyclic) bond motifs is 4. The van der Waals surface area contributed by atoms with Gasteiger partial charge in [-0.2, -0.15) is 0 Å². The summed E-state index contributed by atoms with van der Waals surface area (Å²) in [5.74, 6) is 1.95. The number of piperazine rings is 1. The minimum Gasteiger partial charge on any atom is -0.507 e. The number of aromatic nitrogens is 2. The van der Waals surface area contributed by atoms with Crippen LogP contribution in [0.25, 0.3) is 11.3 Å². The average molecular weight is 683 g/mol. The molecule has 13 nitrogen and oxygen atoms in total. The number of nitrogens with one attached hydrogen (secondary N) is 2. The monoisotopic (exact) mass is 682 g/mol. The molecular formula is C37H46N8O5. The van der Waals surface area contributed by atoms with E-state index in [0.717, 1.165) is 81.5 Å². The Morgan fingerprint density at radius 2 is 1.92 bits per heavy atom. The van der Waals surface area contributed by atoms with E-state index in [2.05, 4.69) is 35.5 Å². The maximum atomic E-state index is 13.1. The van der Waals surface area contributed by atoms with Crippen molar-refractivity contribution in [3.8, 4) is 22.8 Å². The number of phenolic OH excluding ortho intramolecular Hbond substituents is 1. The molecule has 264 valence electrons. The molecule has 2 amide bonds. The minimum absolute atomic E-state index is 0.189. The van der Waals surface area contributed by atoms with Crippen LogP contribution >= 0.6 is 0 Å². The number of amides is 2. The zero-order chi connectivity index (χ0) is 34.6. The van der Waals surface area contributed by atoms with E-state index < -0.39 is 6.04 Å². The van der Waals surface area contributed by atoms with Gasteiger partial charge < -0.3 is 35.1 Å². The molecule has 4 aliphatic rings. The highest BCUT2D eigenvalue weighted by Crippen LogP contribution is 2.36. The number of likely N-dealkylation sites (tertiary alicyclic amines) is 1. The Bertz CT molecular complexity index is 1710. The number of hydrogen-bond donors (Lipinski definition) is 3. The second-order valence-corrected chi connectivity index (χ2v) is 13.7. The summed E-state index contributed by atoms with van der Waals surface area (Å²) in [5.41, 5.74) is 3.85. The highest BCUT2D eigenvalue weighted by Gasteiger charge is 2.37. The molecule has 0 aliphatic carbocycles. The van der Waals surface area contributed by atoms with E-state index in [9.17, 15) is 19.5 Å². The smallest absolute Gasteiger partial charge is 0.255 e. The second kappa shape index (κ2) is 15.0. The third-order valence-electron chi connectivity index (χ3n) is 10.6. The zero-order valence-corrected chi connectivity index (χ0v) is 28.6. The number of nitrogens with zero attached hydrogens (tertiary/aromatic N) is 6. The number of ether oxygens (including phenoxy) is 1. The van der Waals surface area contributed by atoms with Crippen molar-refractivity contribution < 1.29 is 24.2 Å². The lowest BCUT2D eigenvalue weighted by atomic mass is 9.95. The molecule has 50 heavy (non-hydrogen) atoms. The highest BCUT2D eigenvalue weighted by atomic mass is 16.5. The molecule has 3 N–H and O–H groups in total. The van der Waals surface area contributed by atoms with Gasteiger partial charge in [0.15, 0.2) is 5.82 Å². The van der Waals surface area contributed by atoms with E-state index in [0.29, 0.717) is 48.4 Å². The van der Waals surface area contributed by atoms with E-state index >= 15 is 0 Å². The number of aromatic hydroxyl groups is 1. The maximum absolute atomic E-state index is 13.1. The molecule has 2 unspecified atom stereocenters. The predicted octanol–water partition coefficient (Wildman–Crippen LogP) is 2.61. The van der Waals surface area contributed by atoms with Gasteiger partial charge in [-0.1, -0.05) is 12.1 Å². The molecule has 1 aromatic heterocycles. The van der Waals surface area contributed by atoms with Crippen LogP contribution in [-0.4, -0.2) is 126 Å². The van der Waals surface area contributed by atoms with Crippen molar-refractivity contribution >= 4 is 29.6 Å². The summed E-state index contributed by atoms with van der Waals surface area (Å²) >= 11 is 0. The highest BCUT2D eigenvalue weighted by molar-refractivity contribution is 6.01. The zero-order valence-electron chi connectivity index (χ0n) is 28.6. The third-order valence-corrected chi connectivity index (χ3v) is 10.6. The van der Waals surface area contributed by atoms with Gasteiger partial charge in [-0.3, -0.25) is 19.4 Å². The van der Waals surface area contributed by atoms with E-state index in [1.54, 1.807) is 24.1 Å². The molecule has 2 atom stereocenters. The van der Waals surface area contributed by atoms with Gasteiger partial charge in [-0.15, -0.1) is 10.2 Å². The molecule has 0 bridgehead atoms. The van der Waals surface area contributed by atoms with Crippen molar-refractivity contribution in [2.24, 2.45) is 5.92 Å². The fourth-order valence-corrected chi connectivity index (χ4v) is 7.87. The van der Waals surface area contributed by atoms with Crippen LogP contribution in [-0.2, 0) is 16.1 Å². The molecule has 4 aliphatic heterocycles. The van der Waals surface area contributed by atoms with E-state index in [4.69, 9.17) is 4.74 Å². The van der Waals surface area contributed by atoms with Gasteiger partial charge in [0.2, 0.25) is 5.91 Å². The third kappa shape index (κ3) is 7.10. The first-order valence-electron chi connectivity index (χ1n) is 17.7. The molecule has 5 heterocycles. The number of anilines is 2. The Morgan fingerprint density at radius 1 is 1.08 bits per heavy atom. The number of carbonyl (C=O) groups excluding carboxylic acids is 3. The van der Waals surface area contributed by atoms with Crippen molar-refractivity contribution in [2.45, 2.75) is 44.3 Å². The van der Waals surface area contributed by atoms with E-state index in [1.165, 1.54) is 12.8 Å². The average Bonchev–Trinajstić information content (AvgIpc) is 3.46. The normalized spacial score (nSPS) is 20.0. The second-order valence-electron chi connectivity index (χ2n) is 13.7. The topological polar surface area (TPSA) is 143 Å². The fourth-order valence-electron chi connectivity index (χ4n) is 7.87. The standard InChI is InChI=1S/C37H46N8O5/c1-38-36(48)32(6-4-17-46)45-23-26-19-28(8-9-29(26)37(45)49)50-18-16-42-12-10-25(11-13-42)22-43-14-15-44-27(24-43)21-39-35-33(44)20-31(40-41-35)30-5-2-3-7-34(30)47/h2-3,5,7-9,17,19-20,25,27,32,47H,4,6,10-16,18,21-24H2,1H3,(H,38,48)(H,39,41). The lowest BCUT2D eigenvalue weighted by molar-refractivity contribution is -0.125. The Kier molecular flexibility index (Phi) is 10.1. The number of hydrogen-bond acceptors (Lipinski definition) is 11. The molecular weight excluding hydrogens is 636 g/mol. The predicted molar refractivity (Wildman–Crippen MR) is 189 cm³/mol. The van der Waals surface area contributed by atoms with Crippen LogP contribution in [0.5, 0.6) is 11.5 Å². The number of likely N-dealkylation sites (N-methyl/N-ethyl adjacent to an activating group) is 1. The SMILES string of the molecule is CNC(=O)C(CCC=O)N1Cc2cc(OCCN3CCC(CN4CCN5c6cc(-c7ccccc7O)nnc6NCC5C4)CC3)ccc2C1=O. The van der Waals surface area contributed by atoms with Crippen LogP contribution in [0.15, 0.2) is 48.5 Å². The number of phenols is 1. The van der Waals surface area contributed by atoms with E-state index in [-0.39, 0.29) is 24.0 Å². The maximum Gasteiger partial charge on any atom is 0.255 e. The van der Waals surface area contributed by atoms with Crippen molar-refractivity contribution in [2.75, 3.05) is 76.2 Å². The molecule has 0 radical (unpaired) electrons. The minimum atomic E-state index is -0.676. The Labute approximate surface area is 292 Å². The van der Waals surface area contributed by atoms with Gasteiger partial charge in [-0.05, 0) is 80.2 Å². The molecule has 0 saturated carbocycles. The van der Waals surface area contributed by atoms with Crippen molar-refractivity contribution in [1.82, 2.24) is 30.2 Å². The number of benzene rings is 2. The van der Waals surface area contributed by atoms with Crippen LogP contribution < -0.4 is 20.3 Å². The van der Waals surface area contributed by atoms with Crippen LogP contribution in [0.1, 0.15) is 41.6 Å². The number of piperidine rings is 1. The quantitative estimate of drug-likeness (QED) is 0.243. The van der Waals surface area contributed by atoms with Gasteiger partial charge >= 0.3 is 0 Å². The first-order valence-corrected chi connectivity index (χ1v) is 17.7. The summed E-state index contributed by atoms with van der Waals surface area (Å²) in [4.78, 5) is 45.6. The number of aldehydes is 1. The van der Waals surface area contributed by atoms with Crippen molar-refractivity contribution in [3.63, 3.8) is 0 Å². The summed E-state index contributed by atoms with van der Waals surface area (Å²) < 4.78 is 6.12. The van der Waals surface area contributed by atoms with Crippen LogP contribution in [0, 0.1) is 5.92 Å². The summed E-state index contributed by atoms with van der Waals surface area (Å²) in [5, 5.41) is 25.3. The molecule has 13 heteroatoms. The Balaban J connectivity index is 0.854. The summed E-state index contributed by atoms with van der Waals surface area (Å²) in [6, 6.07) is 14.5. The van der Waals surface area contributed by atoms with Gasteiger partial charge in [0, 0.05) is 70.4 Å². The summed E-state index contributed by atoms with van der Waals surface area (Å²) in [6.07, 6.45) is 3.62. The van der Waals surface area contributed by atoms with Crippen LogP contribution in [0.2, 0.25) is 0 Å². The van der Waals surface area contributed by atoms with Gasteiger partial charge in [0.05, 0.1) is 17.4 Å². The lowest BCUT2D eigenvalue weighted by Crippen LogP contribution is -2.58. The van der Waals surface area contributed by atoms with Crippen LogP contribution in [0.3, 0.4) is 0 Å². The molecule has 2 fully saturated rings. The van der Waals surface area contributed by atoms with Crippen molar-refractivity contribution in [3.05, 3.63) is 59.7 Å². The molecule has 7 rings (SSSR count). The Hall–Kier alpha value is -4.75. The molecule has 2 aromatic carbocycles. The van der Waals surface area contributed by atoms with Gasteiger partial charge in [-0.25, -0.2) is 0 Å². The van der Waals surface area contributed by atoms with Crippen molar-refractivity contribution in [1.29, 1.82) is 0 Å². The molecule has 2 saturated heterocycles. The first kappa shape index (κ1) is 33.7. The number of para-hydroxylation sites is 1. The number of rotatable bonds is 12. The Morgan fingerprint density at radius 3 is 2.72 bits per heavy atom. The van der Waals surface area contributed by atoms with Crippen LogP contribution in [0.4, 0.5) is 11.5 Å².